The van der Waals surface area contributed by atoms with Crippen LogP contribution in [0.5, 0.6) is 0 Å². The van der Waals surface area contributed by atoms with Crippen LogP contribution in [0.25, 0.3) is 0 Å². The van der Waals surface area contributed by atoms with E-state index >= 15 is 0 Å². The fourth-order valence-corrected chi connectivity index (χ4v) is 1.78. The number of rotatable bonds is 4. The molecule has 0 aliphatic carbocycles. The number of nitrogens with one attached hydrogen (secondary N) is 2. The molecule has 18 heavy (non-hydrogen) atoms. The van der Waals surface area contributed by atoms with Gasteiger partial charge in [-0.25, -0.2) is 8.42 Å². The molecule has 0 spiro atoms. The maximum atomic E-state index is 11.1. The lowest BCUT2D eigenvalue weighted by molar-refractivity contribution is 0.606. The number of aryl methyl sites for hydroxylation is 1. The molecule has 0 saturated carbocycles. The van der Waals surface area contributed by atoms with E-state index in [1.807, 2.05) is 0 Å². The van der Waals surface area contributed by atoms with E-state index in [0.29, 0.717) is 11.4 Å². The first-order valence-electron chi connectivity index (χ1n) is 4.81. The quantitative estimate of drug-likeness (QED) is 0.406. The van der Waals surface area contributed by atoms with Gasteiger partial charge in [-0.3, -0.25) is 15.1 Å². The molecule has 0 atom stereocenters. The van der Waals surface area contributed by atoms with Gasteiger partial charge < -0.3 is 5.73 Å². The summed E-state index contributed by atoms with van der Waals surface area (Å²) in [7, 11) is -3.31. The first kappa shape index (κ1) is 14.3. The van der Waals surface area contributed by atoms with Crippen molar-refractivity contribution in [3.63, 3.8) is 0 Å². The van der Waals surface area contributed by atoms with Crippen molar-refractivity contribution >= 4 is 39.3 Å². The van der Waals surface area contributed by atoms with Gasteiger partial charge in [0, 0.05) is 0 Å². The first-order valence-corrected chi connectivity index (χ1v) is 7.11. The standard InChI is InChI=1S/C9H13N5O2S2/c1-6-3-7(4-12-13-9(10)17)11-5-8(6)14-18(2,15)16/h3-5,14H,1-2H3,(H3,10,13,17)/b12-4+. The van der Waals surface area contributed by atoms with Gasteiger partial charge in [0.05, 0.1) is 30.0 Å². The Morgan fingerprint density at radius 1 is 1.61 bits per heavy atom. The Bertz CT molecular complexity index is 583. The van der Waals surface area contributed by atoms with Crippen molar-refractivity contribution < 1.29 is 8.42 Å². The normalized spacial score (nSPS) is 11.4. The highest BCUT2D eigenvalue weighted by Gasteiger charge is 2.05. The van der Waals surface area contributed by atoms with E-state index in [1.165, 1.54) is 12.4 Å². The minimum Gasteiger partial charge on any atom is -0.375 e. The Balaban J connectivity index is 2.86. The van der Waals surface area contributed by atoms with Crippen LogP contribution in [-0.2, 0) is 10.0 Å². The summed E-state index contributed by atoms with van der Waals surface area (Å²) >= 11 is 4.57. The summed E-state index contributed by atoms with van der Waals surface area (Å²) in [4.78, 5) is 4.02. The molecule has 0 aliphatic rings. The molecule has 1 rings (SSSR count). The number of nitrogens with zero attached hydrogens (tertiary/aromatic N) is 2. The third-order valence-corrected chi connectivity index (χ3v) is 2.48. The molecular weight excluding hydrogens is 274 g/mol. The average Bonchev–Trinajstić information content (AvgIpc) is 2.19. The van der Waals surface area contributed by atoms with Crippen LogP contribution in [0.4, 0.5) is 5.69 Å². The third kappa shape index (κ3) is 5.06. The molecule has 1 aromatic heterocycles. The number of aromatic nitrogens is 1. The number of nitrogens with two attached hydrogens (primary N) is 1. The summed E-state index contributed by atoms with van der Waals surface area (Å²) in [5.41, 5.74) is 9.29. The minimum absolute atomic E-state index is 0.0540. The van der Waals surface area contributed by atoms with Gasteiger partial charge in [-0.2, -0.15) is 5.10 Å². The molecule has 0 radical (unpaired) electrons. The lowest BCUT2D eigenvalue weighted by atomic mass is 10.2. The Hall–Kier alpha value is -1.74. The zero-order chi connectivity index (χ0) is 13.8. The number of thiocarbonyl (C=S) groups is 1. The first-order chi connectivity index (χ1) is 8.28. The molecule has 0 aliphatic heterocycles. The smallest absolute Gasteiger partial charge is 0.229 e. The molecule has 98 valence electrons. The van der Waals surface area contributed by atoms with Crippen molar-refractivity contribution in [3.05, 3.63) is 23.5 Å². The van der Waals surface area contributed by atoms with Gasteiger partial charge in [0.15, 0.2) is 5.11 Å². The molecule has 7 nitrogen and oxygen atoms in total. The zero-order valence-corrected chi connectivity index (χ0v) is 11.5. The van der Waals surface area contributed by atoms with Crippen molar-refractivity contribution in [2.45, 2.75) is 6.92 Å². The lowest BCUT2D eigenvalue weighted by Gasteiger charge is -2.07. The number of sulfonamides is 1. The largest absolute Gasteiger partial charge is 0.375 e. The van der Waals surface area contributed by atoms with Gasteiger partial charge >= 0.3 is 0 Å². The molecule has 9 heteroatoms. The molecule has 0 aromatic carbocycles. The van der Waals surface area contributed by atoms with Crippen LogP contribution in [0.3, 0.4) is 0 Å². The maximum Gasteiger partial charge on any atom is 0.229 e. The van der Waals surface area contributed by atoms with Crippen molar-refractivity contribution in [3.8, 4) is 0 Å². The van der Waals surface area contributed by atoms with Crippen LogP contribution in [0.2, 0.25) is 0 Å². The van der Waals surface area contributed by atoms with Gasteiger partial charge in [0.2, 0.25) is 10.0 Å². The highest BCUT2D eigenvalue weighted by Crippen LogP contribution is 2.14. The number of hydrogen-bond donors (Lipinski definition) is 3. The number of anilines is 1. The van der Waals surface area contributed by atoms with Gasteiger partial charge in [-0.15, -0.1) is 0 Å². The van der Waals surface area contributed by atoms with E-state index < -0.39 is 10.0 Å². The van der Waals surface area contributed by atoms with Crippen molar-refractivity contribution in [2.24, 2.45) is 10.8 Å². The van der Waals surface area contributed by atoms with Crippen LogP contribution in [0, 0.1) is 6.92 Å². The second kappa shape index (κ2) is 5.74. The van der Waals surface area contributed by atoms with E-state index in [-0.39, 0.29) is 5.11 Å². The molecule has 0 amide bonds. The van der Waals surface area contributed by atoms with Gasteiger partial charge in [-0.1, -0.05) is 0 Å². The highest BCUT2D eigenvalue weighted by atomic mass is 32.2. The predicted molar refractivity (Wildman–Crippen MR) is 75.0 cm³/mol. The summed E-state index contributed by atoms with van der Waals surface area (Å²) < 4.78 is 24.5. The summed E-state index contributed by atoms with van der Waals surface area (Å²) in [6, 6.07) is 1.68. The molecule has 1 aromatic rings. The van der Waals surface area contributed by atoms with Gasteiger partial charge in [-0.05, 0) is 30.8 Å². The highest BCUT2D eigenvalue weighted by molar-refractivity contribution is 7.92. The maximum absolute atomic E-state index is 11.1. The van der Waals surface area contributed by atoms with E-state index in [9.17, 15) is 8.42 Å². The van der Waals surface area contributed by atoms with Crippen LogP contribution < -0.4 is 15.9 Å². The fourth-order valence-electron chi connectivity index (χ4n) is 1.12. The van der Waals surface area contributed by atoms with E-state index in [1.54, 1.807) is 13.0 Å². The average molecular weight is 287 g/mol. The Morgan fingerprint density at radius 3 is 2.78 bits per heavy atom. The molecule has 0 bridgehead atoms. The molecule has 1 heterocycles. The summed E-state index contributed by atoms with van der Waals surface area (Å²) in [5.74, 6) is 0. The van der Waals surface area contributed by atoms with Crippen molar-refractivity contribution in [2.75, 3.05) is 11.0 Å². The molecule has 4 N–H and O–H groups in total. The van der Waals surface area contributed by atoms with Gasteiger partial charge in [0.25, 0.3) is 0 Å². The van der Waals surface area contributed by atoms with E-state index in [0.717, 1.165) is 11.8 Å². The lowest BCUT2D eigenvalue weighted by Crippen LogP contribution is -2.24. The second-order valence-corrected chi connectivity index (χ2v) is 5.72. The zero-order valence-electron chi connectivity index (χ0n) is 9.84. The number of pyridine rings is 1. The molecule has 0 fully saturated rings. The van der Waals surface area contributed by atoms with Crippen molar-refractivity contribution in [1.82, 2.24) is 10.4 Å². The van der Waals surface area contributed by atoms with Crippen LogP contribution in [0.15, 0.2) is 17.4 Å². The monoisotopic (exact) mass is 287 g/mol. The third-order valence-electron chi connectivity index (χ3n) is 1.80. The minimum atomic E-state index is -3.31. The molecule has 0 saturated heterocycles. The topological polar surface area (TPSA) is 109 Å². The van der Waals surface area contributed by atoms with E-state index in [2.05, 4.69) is 32.5 Å². The Labute approximate surface area is 111 Å². The van der Waals surface area contributed by atoms with Crippen LogP contribution in [0.1, 0.15) is 11.3 Å². The number of hydrazone groups is 1. The molecular formula is C9H13N5O2S2. The predicted octanol–water partition coefficient (Wildman–Crippen LogP) is -0.0714. The Kier molecular flexibility index (Phi) is 4.56. The van der Waals surface area contributed by atoms with Crippen LogP contribution in [-0.4, -0.2) is 31.0 Å². The Morgan fingerprint density at radius 2 is 2.28 bits per heavy atom. The summed E-state index contributed by atoms with van der Waals surface area (Å²) in [5, 5.41) is 3.80. The number of hydrogen-bond acceptors (Lipinski definition) is 5. The summed E-state index contributed by atoms with van der Waals surface area (Å²) in [6.45, 7) is 1.76. The SMILES string of the molecule is Cc1cc(/C=N/NC(N)=S)ncc1NS(C)(=O)=O. The van der Waals surface area contributed by atoms with Gasteiger partial charge in [0.1, 0.15) is 0 Å². The second-order valence-electron chi connectivity index (χ2n) is 3.53. The molecule has 0 unspecified atom stereocenters. The van der Waals surface area contributed by atoms with E-state index in [4.69, 9.17) is 5.73 Å². The summed E-state index contributed by atoms with van der Waals surface area (Å²) in [6.07, 6.45) is 3.92. The van der Waals surface area contributed by atoms with Crippen molar-refractivity contribution in [1.29, 1.82) is 0 Å². The fraction of sp³-hybridized carbons (Fsp3) is 0.222. The van der Waals surface area contributed by atoms with Crippen LogP contribution >= 0.6 is 12.2 Å².